The first-order valence-electron chi connectivity index (χ1n) is 6.31. The van der Waals surface area contributed by atoms with Gasteiger partial charge in [-0.25, -0.2) is 0 Å². The zero-order chi connectivity index (χ0) is 12.5. The van der Waals surface area contributed by atoms with E-state index < -0.39 is 0 Å². The van der Waals surface area contributed by atoms with Crippen LogP contribution in [-0.4, -0.2) is 12.5 Å². The highest BCUT2D eigenvalue weighted by Crippen LogP contribution is 2.09. The lowest BCUT2D eigenvalue weighted by molar-refractivity contribution is -0.117. The molecule has 17 heavy (non-hydrogen) atoms. The molecule has 2 heteroatoms. The average Bonchev–Trinajstić information content (AvgIpc) is 2.37. The summed E-state index contributed by atoms with van der Waals surface area (Å²) in [6, 6.07) is 9.95. The first-order valence-corrected chi connectivity index (χ1v) is 6.31. The maximum Gasteiger partial charge on any atom is 0.247 e. The smallest absolute Gasteiger partial charge is 0.247 e. The Balaban J connectivity index is 2.64. The fourth-order valence-electron chi connectivity index (χ4n) is 1.57. The highest BCUT2D eigenvalue weighted by atomic mass is 16.1. The number of carbonyl (C=O) groups is 1. The third kappa shape index (κ3) is 4.85. The van der Waals surface area contributed by atoms with Crippen LogP contribution in [0.1, 0.15) is 38.7 Å². The number of hydrogen-bond acceptors (Lipinski definition) is 1. The Hall–Kier alpha value is -1.57. The van der Waals surface area contributed by atoms with E-state index in [0.717, 1.165) is 36.9 Å². The molecular weight excluding hydrogens is 210 g/mol. The van der Waals surface area contributed by atoms with Crippen molar-refractivity contribution in [2.45, 2.75) is 33.1 Å². The summed E-state index contributed by atoms with van der Waals surface area (Å²) in [5.41, 5.74) is 1.92. The van der Waals surface area contributed by atoms with Crippen molar-refractivity contribution >= 4 is 12.0 Å². The Bertz CT molecular complexity index is 368. The zero-order valence-electron chi connectivity index (χ0n) is 10.7. The molecular formula is C15H21NO. The van der Waals surface area contributed by atoms with Crippen molar-refractivity contribution in [1.29, 1.82) is 0 Å². The van der Waals surface area contributed by atoms with Crippen molar-refractivity contribution < 1.29 is 4.79 Å². The van der Waals surface area contributed by atoms with Crippen LogP contribution in [0.2, 0.25) is 0 Å². The molecule has 0 aliphatic carbocycles. The van der Waals surface area contributed by atoms with Crippen molar-refractivity contribution in [3.63, 3.8) is 0 Å². The average molecular weight is 231 g/mol. The quantitative estimate of drug-likeness (QED) is 0.590. The molecule has 0 saturated carbocycles. The maximum atomic E-state index is 11.9. The van der Waals surface area contributed by atoms with Crippen molar-refractivity contribution in [3.05, 3.63) is 41.5 Å². The summed E-state index contributed by atoms with van der Waals surface area (Å²) in [6.45, 7) is 4.89. The third-order valence-corrected chi connectivity index (χ3v) is 2.63. The molecule has 1 aromatic carbocycles. The van der Waals surface area contributed by atoms with E-state index in [1.807, 2.05) is 43.3 Å². The molecule has 0 aliphatic heterocycles. The molecule has 2 nitrogen and oxygen atoms in total. The van der Waals surface area contributed by atoms with Gasteiger partial charge in [-0.1, -0.05) is 50.6 Å². The summed E-state index contributed by atoms with van der Waals surface area (Å²) in [5, 5.41) is 2.95. The van der Waals surface area contributed by atoms with Gasteiger partial charge in [0.25, 0.3) is 0 Å². The predicted octanol–water partition coefficient (Wildman–Crippen LogP) is 3.40. The van der Waals surface area contributed by atoms with Gasteiger partial charge in [0.15, 0.2) is 0 Å². The summed E-state index contributed by atoms with van der Waals surface area (Å²) < 4.78 is 0. The van der Waals surface area contributed by atoms with Crippen LogP contribution in [0, 0.1) is 0 Å². The van der Waals surface area contributed by atoms with Crippen LogP contribution in [0.3, 0.4) is 0 Å². The van der Waals surface area contributed by atoms with E-state index in [2.05, 4.69) is 12.2 Å². The summed E-state index contributed by atoms with van der Waals surface area (Å²) >= 11 is 0. The first kappa shape index (κ1) is 13.5. The van der Waals surface area contributed by atoms with Crippen molar-refractivity contribution in [2.24, 2.45) is 0 Å². The minimum atomic E-state index is 0.0600. The molecule has 0 radical (unpaired) electrons. The predicted molar refractivity (Wildman–Crippen MR) is 72.6 cm³/mol. The van der Waals surface area contributed by atoms with Crippen LogP contribution in [0.5, 0.6) is 0 Å². The SMILES string of the molecule is CCCCNC(=O)/C(=C\c1ccccc1)CC. The third-order valence-electron chi connectivity index (χ3n) is 2.63. The van der Waals surface area contributed by atoms with Gasteiger partial charge in [-0.2, -0.15) is 0 Å². The van der Waals surface area contributed by atoms with Gasteiger partial charge in [-0.3, -0.25) is 4.79 Å². The summed E-state index contributed by atoms with van der Waals surface area (Å²) in [4.78, 5) is 11.9. The number of hydrogen-bond donors (Lipinski definition) is 1. The number of benzene rings is 1. The summed E-state index contributed by atoms with van der Waals surface area (Å²) in [5.74, 6) is 0.0600. The van der Waals surface area contributed by atoms with Crippen LogP contribution in [0.15, 0.2) is 35.9 Å². The van der Waals surface area contributed by atoms with Crippen molar-refractivity contribution in [2.75, 3.05) is 6.54 Å². The second-order valence-corrected chi connectivity index (χ2v) is 4.04. The van der Waals surface area contributed by atoms with Crippen LogP contribution in [-0.2, 0) is 4.79 Å². The van der Waals surface area contributed by atoms with Crippen molar-refractivity contribution in [3.8, 4) is 0 Å². The normalized spacial score (nSPS) is 11.3. The molecule has 0 fully saturated rings. The maximum absolute atomic E-state index is 11.9. The lowest BCUT2D eigenvalue weighted by Gasteiger charge is -2.06. The Morgan fingerprint density at radius 3 is 2.53 bits per heavy atom. The molecule has 0 aromatic heterocycles. The van der Waals surface area contributed by atoms with Gasteiger partial charge in [0.05, 0.1) is 0 Å². The van der Waals surface area contributed by atoms with E-state index in [-0.39, 0.29) is 5.91 Å². The minimum Gasteiger partial charge on any atom is -0.352 e. The largest absolute Gasteiger partial charge is 0.352 e. The molecule has 0 saturated heterocycles. The molecule has 1 rings (SSSR count). The van der Waals surface area contributed by atoms with Gasteiger partial charge < -0.3 is 5.32 Å². The van der Waals surface area contributed by atoms with E-state index in [1.54, 1.807) is 0 Å². The van der Waals surface area contributed by atoms with Gasteiger partial charge in [-0.05, 0) is 24.5 Å². The Morgan fingerprint density at radius 1 is 1.24 bits per heavy atom. The zero-order valence-corrected chi connectivity index (χ0v) is 10.7. The van der Waals surface area contributed by atoms with E-state index in [0.29, 0.717) is 0 Å². The summed E-state index contributed by atoms with van der Waals surface area (Å²) in [6.07, 6.45) is 4.85. The van der Waals surface area contributed by atoms with Crippen LogP contribution in [0.4, 0.5) is 0 Å². The minimum absolute atomic E-state index is 0.0600. The second kappa shape index (κ2) is 7.66. The highest BCUT2D eigenvalue weighted by molar-refractivity contribution is 5.97. The number of carbonyl (C=O) groups excluding carboxylic acids is 1. The number of nitrogens with one attached hydrogen (secondary N) is 1. The topological polar surface area (TPSA) is 29.1 Å². The van der Waals surface area contributed by atoms with Gasteiger partial charge in [0, 0.05) is 12.1 Å². The molecule has 1 amide bonds. The highest BCUT2D eigenvalue weighted by Gasteiger charge is 2.05. The van der Waals surface area contributed by atoms with Crippen LogP contribution in [0.25, 0.3) is 6.08 Å². The number of unbranched alkanes of at least 4 members (excludes halogenated alkanes) is 1. The molecule has 0 heterocycles. The molecule has 92 valence electrons. The molecule has 1 N–H and O–H groups in total. The van der Waals surface area contributed by atoms with Gasteiger partial charge >= 0.3 is 0 Å². The Kier molecular flexibility index (Phi) is 6.08. The molecule has 1 aromatic rings. The molecule has 0 bridgehead atoms. The fourth-order valence-corrected chi connectivity index (χ4v) is 1.57. The lowest BCUT2D eigenvalue weighted by Crippen LogP contribution is -2.25. The van der Waals surface area contributed by atoms with Gasteiger partial charge in [0.2, 0.25) is 5.91 Å². The van der Waals surface area contributed by atoms with Gasteiger partial charge in [-0.15, -0.1) is 0 Å². The molecule has 0 aliphatic rings. The second-order valence-electron chi connectivity index (χ2n) is 4.04. The van der Waals surface area contributed by atoms with Crippen molar-refractivity contribution in [1.82, 2.24) is 5.32 Å². The van der Waals surface area contributed by atoms with Gasteiger partial charge in [0.1, 0.15) is 0 Å². The van der Waals surface area contributed by atoms with Crippen LogP contribution < -0.4 is 5.32 Å². The Morgan fingerprint density at radius 2 is 1.94 bits per heavy atom. The van der Waals surface area contributed by atoms with E-state index >= 15 is 0 Å². The lowest BCUT2D eigenvalue weighted by atomic mass is 10.1. The van der Waals surface area contributed by atoms with E-state index in [4.69, 9.17) is 0 Å². The molecule has 0 unspecified atom stereocenters. The molecule has 0 spiro atoms. The van der Waals surface area contributed by atoms with E-state index in [9.17, 15) is 4.79 Å². The number of amides is 1. The summed E-state index contributed by atoms with van der Waals surface area (Å²) in [7, 11) is 0. The Labute approximate surface area is 104 Å². The standard InChI is InChI=1S/C15H21NO/c1-3-5-11-16-15(17)14(4-2)12-13-9-7-6-8-10-13/h6-10,12H,3-5,11H2,1-2H3,(H,16,17)/b14-12-. The number of rotatable bonds is 6. The first-order chi connectivity index (χ1) is 8.27. The van der Waals surface area contributed by atoms with E-state index in [1.165, 1.54) is 0 Å². The fraction of sp³-hybridized carbons (Fsp3) is 0.400. The van der Waals surface area contributed by atoms with Crippen LogP contribution >= 0.6 is 0 Å². The molecule has 0 atom stereocenters. The monoisotopic (exact) mass is 231 g/mol.